The Labute approximate surface area is 278 Å². The van der Waals surface area contributed by atoms with E-state index in [1.54, 1.807) is 13.0 Å². The summed E-state index contributed by atoms with van der Waals surface area (Å²) in [6.07, 6.45) is 9.55. The maximum atomic E-state index is 12.8. The number of ether oxygens (including phenoxy) is 4. The van der Waals surface area contributed by atoms with E-state index >= 15 is 0 Å². The summed E-state index contributed by atoms with van der Waals surface area (Å²) in [5.41, 5.74) is 2.65. The van der Waals surface area contributed by atoms with Gasteiger partial charge in [-0.15, -0.1) is 0 Å². The highest BCUT2D eigenvalue weighted by atomic mass is 16.6. The number of hydrogen-bond donors (Lipinski definition) is 3. The van der Waals surface area contributed by atoms with Gasteiger partial charge in [0.15, 0.2) is 0 Å². The van der Waals surface area contributed by atoms with Crippen LogP contribution in [0.5, 0.6) is 0 Å². The second-order valence-corrected chi connectivity index (χ2v) is 13.3. The lowest BCUT2D eigenvalue weighted by Crippen LogP contribution is -2.50. The zero-order valence-corrected chi connectivity index (χ0v) is 28.6. The van der Waals surface area contributed by atoms with Crippen molar-refractivity contribution in [1.29, 1.82) is 0 Å². The second kappa shape index (κ2) is 16.7. The van der Waals surface area contributed by atoms with E-state index < -0.39 is 29.9 Å². The fourth-order valence-electron chi connectivity index (χ4n) is 6.33. The van der Waals surface area contributed by atoms with Gasteiger partial charge in [0.05, 0.1) is 37.4 Å². The number of aryl methyl sites for hydroxylation is 1. The molecule has 1 aromatic rings. The first-order chi connectivity index (χ1) is 22.4. The Morgan fingerprint density at radius 1 is 1.15 bits per heavy atom. The highest BCUT2D eigenvalue weighted by molar-refractivity contribution is 5.87. The molecule has 3 N–H and O–H groups in total. The fourth-order valence-corrected chi connectivity index (χ4v) is 6.33. The molecule has 2 amide bonds. The molecule has 3 fully saturated rings. The number of aliphatic hydroxyl groups excluding tert-OH is 1. The van der Waals surface area contributed by atoms with Crippen LogP contribution < -0.4 is 10.6 Å². The Balaban J connectivity index is 1.25. The lowest BCUT2D eigenvalue weighted by atomic mass is 9.87. The molecule has 0 radical (unpaired) electrons. The minimum atomic E-state index is -0.808. The van der Waals surface area contributed by atoms with E-state index in [0.29, 0.717) is 26.0 Å². The number of aliphatic hydroxyl groups is 1. The maximum Gasteiger partial charge on any atom is 0.303 e. The predicted octanol–water partition coefficient (Wildman–Crippen LogP) is 4.24. The van der Waals surface area contributed by atoms with Crippen LogP contribution in [0.3, 0.4) is 0 Å². The molecule has 3 aliphatic heterocycles. The first-order valence-corrected chi connectivity index (χ1v) is 16.9. The SMILES string of the molecule is CCc1cccc(CNC(=O)C[C@@H]2C[C@@]3(CO3)[C@H](O)[C@@H](/C=C/C(C)=C/C[C@@H]3O[C@H](C)[C@H](NC(=O)/C=C\[C@H](C)OC(C)=O)C[C@@H]3C)O2)c1. The molecule has 0 aliphatic carbocycles. The minimum absolute atomic E-state index is 0.00646. The quantitative estimate of drug-likeness (QED) is 0.125. The van der Waals surface area contributed by atoms with Crippen molar-refractivity contribution in [3.8, 4) is 0 Å². The Kier molecular flexibility index (Phi) is 13.0. The van der Waals surface area contributed by atoms with Crippen LogP contribution in [0.15, 0.2) is 60.2 Å². The first-order valence-electron chi connectivity index (χ1n) is 16.9. The second-order valence-electron chi connectivity index (χ2n) is 13.3. The van der Waals surface area contributed by atoms with Crippen LogP contribution in [-0.2, 0) is 46.3 Å². The molecule has 1 spiro atoms. The third-order valence-electron chi connectivity index (χ3n) is 9.23. The van der Waals surface area contributed by atoms with Gasteiger partial charge in [-0.05, 0) is 63.2 Å². The molecule has 0 aromatic heterocycles. The summed E-state index contributed by atoms with van der Waals surface area (Å²) in [7, 11) is 0. The lowest BCUT2D eigenvalue weighted by molar-refractivity contribution is -0.145. The number of esters is 1. The van der Waals surface area contributed by atoms with Gasteiger partial charge in [-0.3, -0.25) is 14.4 Å². The van der Waals surface area contributed by atoms with Crippen molar-refractivity contribution in [3.05, 3.63) is 71.3 Å². The summed E-state index contributed by atoms with van der Waals surface area (Å²) in [4.78, 5) is 36.3. The molecule has 0 saturated carbocycles. The average Bonchev–Trinajstić information content (AvgIpc) is 3.80. The van der Waals surface area contributed by atoms with Crippen molar-refractivity contribution in [2.75, 3.05) is 6.61 Å². The topological polar surface area (TPSA) is 136 Å². The number of benzene rings is 1. The van der Waals surface area contributed by atoms with E-state index in [2.05, 4.69) is 42.7 Å². The van der Waals surface area contributed by atoms with Crippen LogP contribution in [0, 0.1) is 5.92 Å². The molecular weight excluding hydrogens is 600 g/mol. The van der Waals surface area contributed by atoms with Crippen molar-refractivity contribution in [1.82, 2.24) is 10.6 Å². The van der Waals surface area contributed by atoms with Gasteiger partial charge in [0, 0.05) is 26.0 Å². The molecule has 9 atom stereocenters. The highest BCUT2D eigenvalue weighted by Crippen LogP contribution is 2.43. The minimum Gasteiger partial charge on any atom is -0.459 e. The number of carbonyl (C=O) groups excluding carboxylic acids is 3. The summed E-state index contributed by atoms with van der Waals surface area (Å²) in [5.74, 6) is -0.521. The predicted molar refractivity (Wildman–Crippen MR) is 178 cm³/mol. The molecule has 258 valence electrons. The van der Waals surface area contributed by atoms with Crippen LogP contribution in [0.4, 0.5) is 0 Å². The molecule has 3 heterocycles. The van der Waals surface area contributed by atoms with E-state index in [4.69, 9.17) is 18.9 Å². The van der Waals surface area contributed by atoms with E-state index in [1.165, 1.54) is 18.6 Å². The van der Waals surface area contributed by atoms with Crippen molar-refractivity contribution >= 4 is 17.8 Å². The van der Waals surface area contributed by atoms with E-state index in [9.17, 15) is 19.5 Å². The van der Waals surface area contributed by atoms with E-state index in [1.807, 2.05) is 38.1 Å². The smallest absolute Gasteiger partial charge is 0.303 e. The molecular formula is C37H52N2O8. The normalized spacial score (nSPS) is 31.6. The molecule has 0 bridgehead atoms. The van der Waals surface area contributed by atoms with Crippen molar-refractivity contribution < 1.29 is 38.4 Å². The van der Waals surface area contributed by atoms with Gasteiger partial charge in [-0.2, -0.15) is 0 Å². The van der Waals surface area contributed by atoms with Crippen LogP contribution in [0.25, 0.3) is 0 Å². The summed E-state index contributed by atoms with van der Waals surface area (Å²) >= 11 is 0. The summed E-state index contributed by atoms with van der Waals surface area (Å²) in [5, 5.41) is 17.0. The Hall–Kier alpha value is -3.31. The van der Waals surface area contributed by atoms with Gasteiger partial charge >= 0.3 is 5.97 Å². The number of nitrogens with one attached hydrogen (secondary N) is 2. The Morgan fingerprint density at radius 3 is 2.60 bits per heavy atom. The molecule has 0 unspecified atom stereocenters. The molecule has 1 aromatic carbocycles. The monoisotopic (exact) mass is 652 g/mol. The van der Waals surface area contributed by atoms with Crippen molar-refractivity contribution in [2.24, 2.45) is 5.92 Å². The van der Waals surface area contributed by atoms with Gasteiger partial charge < -0.3 is 34.7 Å². The summed E-state index contributed by atoms with van der Waals surface area (Å²) in [6.45, 7) is 12.1. The van der Waals surface area contributed by atoms with Gasteiger partial charge in [-0.25, -0.2) is 0 Å². The average molecular weight is 653 g/mol. The number of carbonyl (C=O) groups is 3. The molecule has 47 heavy (non-hydrogen) atoms. The maximum absolute atomic E-state index is 12.8. The number of rotatable bonds is 13. The number of hydrogen-bond acceptors (Lipinski definition) is 8. The third-order valence-corrected chi connectivity index (χ3v) is 9.23. The fraction of sp³-hybridized carbons (Fsp3) is 0.595. The number of epoxide rings is 1. The van der Waals surface area contributed by atoms with Crippen LogP contribution >= 0.6 is 0 Å². The standard InChI is InChI=1S/C37H52N2O8/c1-7-28-9-8-10-29(18-28)21-38-35(42)19-30-20-37(22-44-37)36(43)33(47-30)15-12-23(2)11-14-32-24(3)17-31(26(5)46-32)39-34(41)16-13-25(4)45-27(6)40/h8-13,15-16,18,24-26,30-33,36,43H,7,14,17,19-22H2,1-6H3,(H,38,42)(H,39,41)/b15-12+,16-13-,23-11+/t24-,25-,26+,30+,31+,32-,33+,36+,37+/m0/s1. The van der Waals surface area contributed by atoms with Gasteiger partial charge in [-0.1, -0.05) is 61.9 Å². The van der Waals surface area contributed by atoms with Crippen LogP contribution in [0.2, 0.25) is 0 Å². The van der Waals surface area contributed by atoms with E-state index in [0.717, 1.165) is 24.0 Å². The van der Waals surface area contributed by atoms with Crippen molar-refractivity contribution in [2.45, 2.75) is 128 Å². The molecule has 3 aliphatic rings. The molecule has 10 heteroatoms. The zero-order chi connectivity index (χ0) is 34.1. The Morgan fingerprint density at radius 2 is 1.89 bits per heavy atom. The third kappa shape index (κ3) is 10.9. The number of allylic oxidation sites excluding steroid dienone is 2. The van der Waals surface area contributed by atoms with Gasteiger partial charge in [0.25, 0.3) is 0 Å². The largest absolute Gasteiger partial charge is 0.459 e. The van der Waals surface area contributed by atoms with Gasteiger partial charge in [0.2, 0.25) is 11.8 Å². The zero-order valence-electron chi connectivity index (χ0n) is 28.6. The highest BCUT2D eigenvalue weighted by Gasteiger charge is 2.58. The summed E-state index contributed by atoms with van der Waals surface area (Å²) in [6, 6.07) is 8.07. The molecule has 4 rings (SSSR count). The lowest BCUT2D eigenvalue weighted by Gasteiger charge is -2.39. The van der Waals surface area contributed by atoms with Crippen LogP contribution in [0.1, 0.15) is 78.4 Å². The molecule has 10 nitrogen and oxygen atoms in total. The molecule has 3 saturated heterocycles. The van der Waals surface area contributed by atoms with Crippen molar-refractivity contribution in [3.63, 3.8) is 0 Å². The first kappa shape index (κ1) is 36.5. The van der Waals surface area contributed by atoms with E-state index in [-0.39, 0.29) is 48.5 Å². The Bertz CT molecular complexity index is 1340. The number of amides is 2. The van der Waals surface area contributed by atoms with Gasteiger partial charge in [0.1, 0.15) is 23.9 Å². The van der Waals surface area contributed by atoms with Crippen LogP contribution in [-0.4, -0.2) is 77.8 Å². The summed E-state index contributed by atoms with van der Waals surface area (Å²) < 4.78 is 23.2.